The number of aliphatic imine (C=N–C) groups is 1. The van der Waals surface area contributed by atoms with E-state index in [0.717, 1.165) is 28.9 Å². The highest BCUT2D eigenvalue weighted by molar-refractivity contribution is 8.13. The fourth-order valence-corrected chi connectivity index (χ4v) is 2.42. The molecule has 1 aromatic heterocycles. The lowest BCUT2D eigenvalue weighted by molar-refractivity contribution is 0.467. The van der Waals surface area contributed by atoms with Gasteiger partial charge in [-0.25, -0.2) is 0 Å². The van der Waals surface area contributed by atoms with Crippen molar-refractivity contribution in [1.82, 2.24) is 10.3 Å². The third kappa shape index (κ3) is 8.47. The van der Waals surface area contributed by atoms with Crippen molar-refractivity contribution in [3.63, 3.8) is 0 Å². The van der Waals surface area contributed by atoms with Gasteiger partial charge in [0.15, 0.2) is 5.17 Å². The zero-order valence-corrected chi connectivity index (χ0v) is 14.1. The van der Waals surface area contributed by atoms with E-state index in [1.54, 1.807) is 48.9 Å². The Labute approximate surface area is 135 Å². The summed E-state index contributed by atoms with van der Waals surface area (Å²) in [5, 5.41) is 13.7. The summed E-state index contributed by atoms with van der Waals surface area (Å²) in [6.45, 7) is 0.867. The predicted octanol–water partition coefficient (Wildman–Crippen LogP) is 2.80. The van der Waals surface area contributed by atoms with Crippen LogP contribution in [0.1, 0.15) is 5.69 Å². The largest absolute Gasteiger partial charge is 0.506 e. The molecular formula is C11H19Cl2N3OS2. The van der Waals surface area contributed by atoms with Crippen molar-refractivity contribution in [2.45, 2.75) is 5.75 Å². The van der Waals surface area contributed by atoms with E-state index in [1.165, 1.54) is 0 Å². The van der Waals surface area contributed by atoms with E-state index in [1.807, 2.05) is 6.26 Å². The van der Waals surface area contributed by atoms with E-state index < -0.39 is 0 Å². The summed E-state index contributed by atoms with van der Waals surface area (Å²) < 4.78 is 0. The van der Waals surface area contributed by atoms with Crippen LogP contribution in [0.15, 0.2) is 23.3 Å². The molecule has 2 N–H and O–H groups in total. The molecule has 1 aromatic rings. The Hall–Kier alpha value is -0.300. The van der Waals surface area contributed by atoms with E-state index in [4.69, 9.17) is 0 Å². The molecule has 0 radical (unpaired) electrons. The number of hydrogen-bond acceptors (Lipinski definition) is 5. The van der Waals surface area contributed by atoms with Crippen LogP contribution in [0.3, 0.4) is 0 Å². The number of nitrogens with zero attached hydrogens (tertiary/aromatic N) is 2. The molecule has 0 aliphatic rings. The van der Waals surface area contributed by atoms with Crippen LogP contribution in [0, 0.1) is 0 Å². The molecule has 1 rings (SSSR count). The Morgan fingerprint density at radius 2 is 2.21 bits per heavy atom. The van der Waals surface area contributed by atoms with Crippen molar-refractivity contribution in [2.75, 3.05) is 25.6 Å². The Balaban J connectivity index is 0. The minimum atomic E-state index is 0. The van der Waals surface area contributed by atoms with Gasteiger partial charge in [-0.15, -0.1) is 24.8 Å². The number of nitrogens with one attached hydrogen (secondary N) is 1. The number of aromatic hydroxyl groups is 1. The summed E-state index contributed by atoms with van der Waals surface area (Å²) in [5.74, 6) is 1.95. The molecule has 0 bridgehead atoms. The number of hydrogen-bond donors (Lipinski definition) is 2. The molecule has 0 atom stereocenters. The zero-order chi connectivity index (χ0) is 12.5. The van der Waals surface area contributed by atoms with Gasteiger partial charge in [0.1, 0.15) is 5.75 Å². The van der Waals surface area contributed by atoms with Crippen LogP contribution in [-0.2, 0) is 5.75 Å². The quantitative estimate of drug-likeness (QED) is 0.489. The van der Waals surface area contributed by atoms with Crippen molar-refractivity contribution >= 4 is 53.5 Å². The Kier molecular flexibility index (Phi) is 14.1. The van der Waals surface area contributed by atoms with Crippen LogP contribution in [0.25, 0.3) is 0 Å². The number of aromatic nitrogens is 1. The van der Waals surface area contributed by atoms with E-state index in [2.05, 4.69) is 15.3 Å². The van der Waals surface area contributed by atoms with Gasteiger partial charge < -0.3 is 10.4 Å². The Morgan fingerprint density at radius 3 is 2.79 bits per heavy atom. The van der Waals surface area contributed by atoms with Crippen LogP contribution in [0.2, 0.25) is 0 Å². The second kappa shape index (κ2) is 12.7. The van der Waals surface area contributed by atoms with Crippen molar-refractivity contribution in [3.8, 4) is 5.75 Å². The van der Waals surface area contributed by atoms with Crippen molar-refractivity contribution in [1.29, 1.82) is 0 Å². The fourth-order valence-electron chi connectivity index (χ4n) is 1.18. The fraction of sp³-hybridized carbons (Fsp3) is 0.455. The lowest BCUT2D eigenvalue weighted by Gasteiger charge is -2.06. The van der Waals surface area contributed by atoms with Crippen molar-refractivity contribution < 1.29 is 5.11 Å². The molecule has 0 aliphatic heterocycles. The summed E-state index contributed by atoms with van der Waals surface area (Å²) in [6.07, 6.45) is 3.69. The summed E-state index contributed by atoms with van der Waals surface area (Å²) in [6, 6.07) is 3.39. The maximum atomic E-state index is 9.52. The molecule has 4 nitrogen and oxygen atoms in total. The summed E-state index contributed by atoms with van der Waals surface area (Å²) in [5.41, 5.74) is 0.742. The van der Waals surface area contributed by atoms with Crippen LogP contribution < -0.4 is 5.32 Å². The monoisotopic (exact) mass is 343 g/mol. The Morgan fingerprint density at radius 1 is 1.47 bits per heavy atom. The molecular weight excluding hydrogens is 325 g/mol. The van der Waals surface area contributed by atoms with Gasteiger partial charge in [-0.3, -0.25) is 9.98 Å². The minimum absolute atomic E-state index is 0. The van der Waals surface area contributed by atoms with Crippen LogP contribution >= 0.6 is 48.3 Å². The molecule has 0 amide bonds. The third-order valence-corrected chi connectivity index (χ3v) is 3.71. The van der Waals surface area contributed by atoms with Gasteiger partial charge in [0.25, 0.3) is 0 Å². The molecule has 0 aliphatic carbocycles. The maximum Gasteiger partial charge on any atom is 0.156 e. The first-order valence-corrected chi connectivity index (χ1v) is 7.61. The van der Waals surface area contributed by atoms with E-state index in [0.29, 0.717) is 0 Å². The molecule has 0 saturated heterocycles. The molecule has 0 aromatic carbocycles. The number of halogens is 2. The predicted molar refractivity (Wildman–Crippen MR) is 91.4 cm³/mol. The van der Waals surface area contributed by atoms with Gasteiger partial charge in [0, 0.05) is 31.3 Å². The highest BCUT2D eigenvalue weighted by atomic mass is 35.5. The lowest BCUT2D eigenvalue weighted by Crippen LogP contribution is -2.22. The zero-order valence-electron chi connectivity index (χ0n) is 10.8. The molecule has 0 spiro atoms. The average molecular weight is 344 g/mol. The Bertz CT molecular complexity index is 381. The summed E-state index contributed by atoms with van der Waals surface area (Å²) in [7, 11) is 1.78. The standard InChI is InChI=1S/C11H17N3OS2.2ClH/c1-12-11(16-2)14-6-7-17-8-9-10(15)4-3-5-13-9;;/h3-5,15H,6-8H2,1-2H3,(H,12,14);2*1H. The highest BCUT2D eigenvalue weighted by Gasteiger charge is 2.01. The summed E-state index contributed by atoms with van der Waals surface area (Å²) >= 11 is 3.34. The van der Waals surface area contributed by atoms with Crippen LogP contribution in [0.5, 0.6) is 5.75 Å². The first kappa shape index (κ1) is 21.0. The van der Waals surface area contributed by atoms with E-state index in [-0.39, 0.29) is 30.6 Å². The number of thioether (sulfide) groups is 2. The minimum Gasteiger partial charge on any atom is -0.506 e. The van der Waals surface area contributed by atoms with Crippen molar-refractivity contribution in [2.24, 2.45) is 4.99 Å². The van der Waals surface area contributed by atoms with Gasteiger partial charge in [-0.05, 0) is 18.4 Å². The lowest BCUT2D eigenvalue weighted by atomic mass is 10.3. The first-order chi connectivity index (χ1) is 8.27. The molecule has 8 heteroatoms. The molecule has 0 saturated carbocycles. The summed E-state index contributed by atoms with van der Waals surface area (Å²) in [4.78, 5) is 8.21. The third-order valence-electron chi connectivity index (χ3n) is 2.02. The highest BCUT2D eigenvalue weighted by Crippen LogP contribution is 2.18. The average Bonchev–Trinajstić information content (AvgIpc) is 2.36. The second-order valence-electron chi connectivity index (χ2n) is 3.18. The van der Waals surface area contributed by atoms with Gasteiger partial charge in [-0.1, -0.05) is 11.8 Å². The van der Waals surface area contributed by atoms with Gasteiger partial charge in [0.05, 0.1) is 5.69 Å². The maximum absolute atomic E-state index is 9.52. The van der Waals surface area contributed by atoms with Gasteiger partial charge in [-0.2, -0.15) is 11.8 Å². The number of pyridine rings is 1. The first-order valence-electron chi connectivity index (χ1n) is 5.23. The van der Waals surface area contributed by atoms with Crippen LogP contribution in [0.4, 0.5) is 0 Å². The van der Waals surface area contributed by atoms with E-state index in [9.17, 15) is 5.11 Å². The van der Waals surface area contributed by atoms with Gasteiger partial charge >= 0.3 is 0 Å². The molecule has 0 fully saturated rings. The van der Waals surface area contributed by atoms with Crippen molar-refractivity contribution in [3.05, 3.63) is 24.0 Å². The molecule has 0 unspecified atom stereocenters. The number of rotatable bonds is 5. The topological polar surface area (TPSA) is 57.5 Å². The molecule has 19 heavy (non-hydrogen) atoms. The van der Waals surface area contributed by atoms with E-state index >= 15 is 0 Å². The SMILES string of the molecule is CN=C(NCCSCc1ncccc1O)SC.Cl.Cl. The smallest absolute Gasteiger partial charge is 0.156 e. The molecule has 1 heterocycles. The second-order valence-corrected chi connectivity index (χ2v) is 5.08. The number of amidine groups is 1. The normalized spacial score (nSPS) is 10.3. The molecule has 110 valence electrons. The van der Waals surface area contributed by atoms with Gasteiger partial charge in [0.2, 0.25) is 0 Å². The van der Waals surface area contributed by atoms with Crippen LogP contribution in [-0.4, -0.2) is 40.9 Å².